The molecule has 3 aromatic rings. The fraction of sp³-hybridized carbons (Fsp3) is 0.320. The van der Waals surface area contributed by atoms with E-state index in [9.17, 15) is 9.59 Å². The van der Waals surface area contributed by atoms with Crippen LogP contribution < -0.4 is 16.0 Å². The molecule has 0 bridgehead atoms. The number of amides is 2. The second kappa shape index (κ2) is 9.67. The van der Waals surface area contributed by atoms with E-state index in [-0.39, 0.29) is 23.7 Å². The molecule has 7 nitrogen and oxygen atoms in total. The second-order valence-corrected chi connectivity index (χ2v) is 9.09. The van der Waals surface area contributed by atoms with E-state index < -0.39 is 0 Å². The van der Waals surface area contributed by atoms with Gasteiger partial charge in [-0.3, -0.25) is 9.59 Å². The SMILES string of the molecule is CC(C)c1c(C(=O)Nc2ccc(N3CCC(C(N)=O)CC3)cc2)cnn1-c1ccc(Cl)cc1. The van der Waals surface area contributed by atoms with E-state index in [0.717, 1.165) is 43.0 Å². The third-order valence-corrected chi connectivity index (χ3v) is 6.31. The van der Waals surface area contributed by atoms with Gasteiger partial charge in [0.25, 0.3) is 5.91 Å². The monoisotopic (exact) mass is 465 g/mol. The number of piperidine rings is 1. The fourth-order valence-electron chi connectivity index (χ4n) is 4.25. The molecule has 1 fully saturated rings. The number of carbonyl (C=O) groups is 2. The minimum Gasteiger partial charge on any atom is -0.371 e. The fourth-order valence-corrected chi connectivity index (χ4v) is 4.38. The molecule has 0 unspecified atom stereocenters. The van der Waals surface area contributed by atoms with Crippen molar-refractivity contribution in [1.29, 1.82) is 0 Å². The molecule has 1 aromatic heterocycles. The van der Waals surface area contributed by atoms with Crippen LogP contribution in [0, 0.1) is 5.92 Å². The summed E-state index contributed by atoms with van der Waals surface area (Å²) in [7, 11) is 0. The van der Waals surface area contributed by atoms with Crippen LogP contribution in [0.4, 0.5) is 11.4 Å². The molecule has 8 heteroatoms. The highest BCUT2D eigenvalue weighted by atomic mass is 35.5. The molecule has 1 saturated heterocycles. The van der Waals surface area contributed by atoms with Crippen molar-refractivity contribution < 1.29 is 9.59 Å². The van der Waals surface area contributed by atoms with Crippen LogP contribution in [0.5, 0.6) is 0 Å². The minimum atomic E-state index is -0.215. The molecule has 0 saturated carbocycles. The third kappa shape index (κ3) is 5.03. The van der Waals surface area contributed by atoms with Crippen molar-refractivity contribution in [3.05, 3.63) is 71.0 Å². The quantitative estimate of drug-likeness (QED) is 0.556. The molecule has 0 atom stereocenters. The summed E-state index contributed by atoms with van der Waals surface area (Å²) < 4.78 is 1.79. The maximum absolute atomic E-state index is 13.1. The van der Waals surface area contributed by atoms with E-state index >= 15 is 0 Å². The van der Waals surface area contributed by atoms with Crippen LogP contribution in [0.15, 0.2) is 54.7 Å². The molecular formula is C25H28ClN5O2. The van der Waals surface area contributed by atoms with E-state index in [2.05, 4.69) is 15.3 Å². The van der Waals surface area contributed by atoms with E-state index in [4.69, 9.17) is 17.3 Å². The normalized spacial score (nSPS) is 14.5. The Balaban J connectivity index is 1.47. The highest BCUT2D eigenvalue weighted by Crippen LogP contribution is 2.27. The second-order valence-electron chi connectivity index (χ2n) is 8.65. The average molecular weight is 466 g/mol. The number of benzene rings is 2. The first kappa shape index (κ1) is 22.9. The van der Waals surface area contributed by atoms with Crippen molar-refractivity contribution >= 4 is 34.8 Å². The standard InChI is InChI=1S/C25H28ClN5O2/c1-16(2)23-22(15-28-31(23)21-7-3-18(26)4-8-21)25(33)29-19-5-9-20(10-6-19)30-13-11-17(12-14-30)24(27)32/h3-10,15-17H,11-14H2,1-2H3,(H2,27,32)(H,29,33). The van der Waals surface area contributed by atoms with Gasteiger partial charge in [0.1, 0.15) is 0 Å². The van der Waals surface area contributed by atoms with Crippen molar-refractivity contribution in [3.63, 3.8) is 0 Å². The Morgan fingerprint density at radius 2 is 1.64 bits per heavy atom. The summed E-state index contributed by atoms with van der Waals surface area (Å²) in [6.45, 7) is 5.66. The van der Waals surface area contributed by atoms with E-state index in [1.807, 2.05) is 50.2 Å². The molecule has 1 aliphatic heterocycles. The number of anilines is 2. The highest BCUT2D eigenvalue weighted by molar-refractivity contribution is 6.30. The molecule has 2 aromatic carbocycles. The summed E-state index contributed by atoms with van der Waals surface area (Å²) in [6, 6.07) is 15.1. The number of nitrogens with one attached hydrogen (secondary N) is 1. The Hall–Kier alpha value is -3.32. The summed E-state index contributed by atoms with van der Waals surface area (Å²) in [5.41, 5.74) is 9.43. The van der Waals surface area contributed by atoms with Gasteiger partial charge in [0, 0.05) is 35.4 Å². The molecule has 3 N–H and O–H groups in total. The van der Waals surface area contributed by atoms with Gasteiger partial charge in [-0.2, -0.15) is 5.10 Å². The molecule has 2 amide bonds. The van der Waals surface area contributed by atoms with Crippen molar-refractivity contribution in [3.8, 4) is 5.69 Å². The third-order valence-electron chi connectivity index (χ3n) is 6.06. The zero-order chi connectivity index (χ0) is 23.5. The number of halogens is 1. The van der Waals surface area contributed by atoms with Crippen LogP contribution in [0.25, 0.3) is 5.69 Å². The lowest BCUT2D eigenvalue weighted by atomic mass is 9.96. The van der Waals surface area contributed by atoms with Crippen molar-refractivity contribution in [2.75, 3.05) is 23.3 Å². The maximum Gasteiger partial charge on any atom is 0.259 e. The van der Waals surface area contributed by atoms with Gasteiger partial charge in [0.05, 0.1) is 23.1 Å². The van der Waals surface area contributed by atoms with Crippen LogP contribution in [0.1, 0.15) is 48.7 Å². The molecule has 172 valence electrons. The lowest BCUT2D eigenvalue weighted by Crippen LogP contribution is -2.38. The number of aromatic nitrogens is 2. The number of primary amides is 1. The molecule has 4 rings (SSSR count). The van der Waals surface area contributed by atoms with E-state index in [1.165, 1.54) is 0 Å². The first-order valence-electron chi connectivity index (χ1n) is 11.1. The smallest absolute Gasteiger partial charge is 0.259 e. The van der Waals surface area contributed by atoms with Gasteiger partial charge in [-0.25, -0.2) is 4.68 Å². The van der Waals surface area contributed by atoms with Gasteiger partial charge in [-0.1, -0.05) is 25.4 Å². The van der Waals surface area contributed by atoms with Gasteiger partial charge < -0.3 is 16.0 Å². The average Bonchev–Trinajstić information content (AvgIpc) is 3.26. The zero-order valence-corrected chi connectivity index (χ0v) is 19.5. The van der Waals surface area contributed by atoms with Crippen LogP contribution in [0.3, 0.4) is 0 Å². The van der Waals surface area contributed by atoms with Crippen LogP contribution in [-0.4, -0.2) is 34.7 Å². The zero-order valence-electron chi connectivity index (χ0n) is 18.8. The van der Waals surface area contributed by atoms with Crippen molar-refractivity contribution in [1.82, 2.24) is 9.78 Å². The van der Waals surface area contributed by atoms with Crippen LogP contribution in [0.2, 0.25) is 5.02 Å². The largest absolute Gasteiger partial charge is 0.371 e. The maximum atomic E-state index is 13.1. The van der Waals surface area contributed by atoms with Gasteiger partial charge >= 0.3 is 0 Å². The predicted molar refractivity (Wildman–Crippen MR) is 131 cm³/mol. The molecule has 0 aliphatic carbocycles. The Morgan fingerprint density at radius 3 is 2.21 bits per heavy atom. The molecule has 1 aliphatic rings. The first-order chi connectivity index (χ1) is 15.8. The van der Waals surface area contributed by atoms with Crippen molar-refractivity contribution in [2.24, 2.45) is 11.7 Å². The number of nitrogens with two attached hydrogens (primary N) is 1. The predicted octanol–water partition coefficient (Wildman–Crippen LogP) is 4.60. The number of hydrogen-bond acceptors (Lipinski definition) is 4. The molecule has 33 heavy (non-hydrogen) atoms. The van der Waals surface area contributed by atoms with E-state index in [0.29, 0.717) is 16.3 Å². The topological polar surface area (TPSA) is 93.2 Å². The summed E-state index contributed by atoms with van der Waals surface area (Å²) >= 11 is 6.01. The summed E-state index contributed by atoms with van der Waals surface area (Å²) in [5.74, 6) is -0.361. The Kier molecular flexibility index (Phi) is 6.70. The van der Waals surface area contributed by atoms with Crippen molar-refractivity contribution in [2.45, 2.75) is 32.6 Å². The van der Waals surface area contributed by atoms with Crippen LogP contribution in [-0.2, 0) is 4.79 Å². The minimum absolute atomic E-state index is 0.0382. The molecular weight excluding hydrogens is 438 g/mol. The molecule has 0 spiro atoms. The summed E-state index contributed by atoms with van der Waals surface area (Å²) in [6.07, 6.45) is 3.14. The number of hydrogen-bond donors (Lipinski definition) is 2. The Morgan fingerprint density at radius 1 is 1.03 bits per heavy atom. The van der Waals surface area contributed by atoms with Crippen LogP contribution >= 0.6 is 11.6 Å². The lowest BCUT2D eigenvalue weighted by molar-refractivity contribution is -0.122. The number of rotatable bonds is 6. The Labute approximate surface area is 198 Å². The van der Waals surface area contributed by atoms with Gasteiger partial charge in [-0.15, -0.1) is 0 Å². The van der Waals surface area contributed by atoms with Gasteiger partial charge in [0.2, 0.25) is 5.91 Å². The highest BCUT2D eigenvalue weighted by Gasteiger charge is 2.24. The Bertz CT molecular complexity index is 1130. The van der Waals surface area contributed by atoms with E-state index in [1.54, 1.807) is 23.0 Å². The summed E-state index contributed by atoms with van der Waals surface area (Å²) in [4.78, 5) is 26.7. The first-order valence-corrected chi connectivity index (χ1v) is 11.5. The lowest BCUT2D eigenvalue weighted by Gasteiger charge is -2.32. The number of carbonyl (C=O) groups excluding carboxylic acids is 2. The summed E-state index contributed by atoms with van der Waals surface area (Å²) in [5, 5.41) is 8.10. The molecule has 0 radical (unpaired) electrons. The number of nitrogens with zero attached hydrogens (tertiary/aromatic N) is 3. The van der Waals surface area contributed by atoms with Gasteiger partial charge in [-0.05, 0) is 67.3 Å². The van der Waals surface area contributed by atoms with Gasteiger partial charge in [0.15, 0.2) is 0 Å². The molecule has 2 heterocycles.